The van der Waals surface area contributed by atoms with E-state index in [4.69, 9.17) is 5.41 Å². The minimum absolute atomic E-state index is 0.0139. The normalized spacial score (nSPS) is 19.4. The monoisotopic (exact) mass is 539 g/mol. The van der Waals surface area contributed by atoms with Crippen LogP contribution in [0.25, 0.3) is 0 Å². The van der Waals surface area contributed by atoms with Crippen molar-refractivity contribution in [2.75, 3.05) is 6.54 Å². The fourth-order valence-electron chi connectivity index (χ4n) is 6.08. The molecule has 7 heteroatoms. The largest absolute Gasteiger partial charge is 0.332 e. The van der Waals surface area contributed by atoms with Gasteiger partial charge in [-0.25, -0.2) is 4.98 Å². The SMILES string of the molecule is CC(C)CC[C@]1(c2ccccc2)CC(=N)N(Cc2ccc(C(C)(C)C)c(C(=O)N3CCn4ccnc4C3)c2)C1=O. The van der Waals surface area contributed by atoms with Gasteiger partial charge in [-0.05, 0) is 46.9 Å². The summed E-state index contributed by atoms with van der Waals surface area (Å²) < 4.78 is 2.09. The van der Waals surface area contributed by atoms with Gasteiger partial charge in [0.25, 0.3) is 5.91 Å². The summed E-state index contributed by atoms with van der Waals surface area (Å²) in [5, 5.41) is 8.89. The summed E-state index contributed by atoms with van der Waals surface area (Å²) in [6, 6.07) is 15.9. The third kappa shape index (κ3) is 5.21. The highest BCUT2D eigenvalue weighted by molar-refractivity contribution is 6.10. The topological polar surface area (TPSA) is 82.3 Å². The molecule has 2 aliphatic rings. The van der Waals surface area contributed by atoms with Crippen LogP contribution < -0.4 is 0 Å². The Bertz CT molecular complexity index is 1420. The Morgan fingerprint density at radius 2 is 1.85 bits per heavy atom. The summed E-state index contributed by atoms with van der Waals surface area (Å²) in [6.07, 6.45) is 5.76. The molecule has 0 radical (unpaired) electrons. The maximum absolute atomic E-state index is 14.1. The number of fused-ring (bicyclic) bond motifs is 1. The van der Waals surface area contributed by atoms with Crippen molar-refractivity contribution in [2.24, 2.45) is 5.92 Å². The molecule has 5 rings (SSSR count). The van der Waals surface area contributed by atoms with Crippen LogP contribution in [0.15, 0.2) is 60.9 Å². The van der Waals surface area contributed by atoms with E-state index in [1.54, 1.807) is 11.1 Å². The molecule has 7 nitrogen and oxygen atoms in total. The molecule has 0 spiro atoms. The molecule has 2 aromatic carbocycles. The first-order valence-electron chi connectivity index (χ1n) is 14.4. The molecular weight excluding hydrogens is 498 g/mol. The van der Waals surface area contributed by atoms with E-state index in [-0.39, 0.29) is 23.8 Å². The van der Waals surface area contributed by atoms with Crippen molar-refractivity contribution in [1.29, 1.82) is 5.41 Å². The van der Waals surface area contributed by atoms with Crippen LogP contribution in [0.3, 0.4) is 0 Å². The molecule has 0 saturated carbocycles. The number of carbonyl (C=O) groups is 2. The minimum atomic E-state index is -0.720. The molecule has 3 heterocycles. The second-order valence-electron chi connectivity index (χ2n) is 12.8. The maximum Gasteiger partial charge on any atom is 0.254 e. The first-order valence-corrected chi connectivity index (χ1v) is 14.4. The van der Waals surface area contributed by atoms with E-state index in [0.717, 1.165) is 35.5 Å². The summed E-state index contributed by atoms with van der Waals surface area (Å²) in [7, 11) is 0. The number of likely N-dealkylation sites (tertiary alicyclic amines) is 1. The molecule has 0 bridgehead atoms. The third-order valence-corrected chi connectivity index (χ3v) is 8.42. The zero-order valence-electron chi connectivity index (χ0n) is 24.4. The predicted molar refractivity (Wildman–Crippen MR) is 157 cm³/mol. The molecule has 0 aliphatic carbocycles. The molecule has 0 unspecified atom stereocenters. The molecule has 210 valence electrons. The number of aromatic nitrogens is 2. The van der Waals surface area contributed by atoms with E-state index in [1.807, 2.05) is 59.6 Å². The van der Waals surface area contributed by atoms with Crippen molar-refractivity contribution in [2.45, 2.75) is 84.3 Å². The van der Waals surface area contributed by atoms with E-state index in [1.165, 1.54) is 0 Å². The molecule has 1 aromatic heterocycles. The van der Waals surface area contributed by atoms with E-state index in [9.17, 15) is 9.59 Å². The van der Waals surface area contributed by atoms with Crippen LogP contribution in [0.5, 0.6) is 0 Å². The maximum atomic E-state index is 14.1. The minimum Gasteiger partial charge on any atom is -0.332 e. The highest BCUT2D eigenvalue weighted by Gasteiger charge is 2.50. The number of benzene rings is 2. The van der Waals surface area contributed by atoms with Crippen LogP contribution in [0.1, 0.15) is 86.8 Å². The highest BCUT2D eigenvalue weighted by atomic mass is 16.2. The summed E-state index contributed by atoms with van der Waals surface area (Å²) in [5.74, 6) is 1.67. The molecule has 40 heavy (non-hydrogen) atoms. The number of carbonyl (C=O) groups excluding carboxylic acids is 2. The van der Waals surface area contributed by atoms with Gasteiger partial charge in [0.1, 0.15) is 11.7 Å². The molecule has 1 fully saturated rings. The molecule has 1 N–H and O–H groups in total. The fourth-order valence-corrected chi connectivity index (χ4v) is 6.08. The Balaban J connectivity index is 1.45. The number of amides is 2. The van der Waals surface area contributed by atoms with Crippen molar-refractivity contribution < 1.29 is 9.59 Å². The van der Waals surface area contributed by atoms with Crippen LogP contribution in [0, 0.1) is 11.3 Å². The lowest BCUT2D eigenvalue weighted by Crippen LogP contribution is -2.39. The van der Waals surface area contributed by atoms with Gasteiger partial charge in [-0.15, -0.1) is 0 Å². The van der Waals surface area contributed by atoms with Crippen LogP contribution >= 0.6 is 0 Å². The summed E-state index contributed by atoms with van der Waals surface area (Å²) in [5.41, 5.74) is 2.54. The first kappa shape index (κ1) is 27.8. The predicted octanol–water partition coefficient (Wildman–Crippen LogP) is 5.92. The number of nitrogens with zero attached hydrogens (tertiary/aromatic N) is 4. The van der Waals surface area contributed by atoms with Crippen molar-refractivity contribution in [1.82, 2.24) is 19.4 Å². The molecular formula is C33H41N5O2. The Hall–Kier alpha value is -3.74. The van der Waals surface area contributed by atoms with Gasteiger partial charge in [-0.3, -0.25) is 19.9 Å². The van der Waals surface area contributed by atoms with E-state index < -0.39 is 5.41 Å². The highest BCUT2D eigenvalue weighted by Crippen LogP contribution is 2.42. The van der Waals surface area contributed by atoms with Gasteiger partial charge in [-0.2, -0.15) is 0 Å². The number of amidine groups is 1. The number of nitrogens with one attached hydrogen (secondary N) is 1. The van der Waals surface area contributed by atoms with Crippen LogP contribution in [0.2, 0.25) is 0 Å². The zero-order chi connectivity index (χ0) is 28.7. The molecule has 1 atom stereocenters. The van der Waals surface area contributed by atoms with E-state index >= 15 is 0 Å². The second-order valence-corrected chi connectivity index (χ2v) is 12.8. The molecule has 1 saturated heterocycles. The van der Waals surface area contributed by atoms with Crippen molar-refractivity contribution in [3.63, 3.8) is 0 Å². The standard InChI is InChI=1S/C33H41N5O2/c1-23(2)13-14-33(25-9-7-6-8-10-25)20-28(34)38(31(33)40)21-24-11-12-27(32(3,4)5)26(19-24)30(39)37-18-17-36-16-15-35-29(36)22-37/h6-12,15-16,19,23,34H,13-14,17-18,20-22H2,1-5H3/t33-/m1/s1. The average molecular weight is 540 g/mol. The van der Waals surface area contributed by atoms with Crippen molar-refractivity contribution in [3.8, 4) is 0 Å². The second kappa shape index (κ2) is 10.7. The first-order chi connectivity index (χ1) is 19.0. The van der Waals surface area contributed by atoms with Gasteiger partial charge in [0.05, 0.1) is 18.5 Å². The smallest absolute Gasteiger partial charge is 0.254 e. The van der Waals surface area contributed by atoms with Crippen molar-refractivity contribution in [3.05, 3.63) is 89.0 Å². The number of hydrogen-bond donors (Lipinski definition) is 1. The van der Waals surface area contributed by atoms with Gasteiger partial charge in [0, 0.05) is 37.5 Å². The van der Waals surface area contributed by atoms with Crippen LogP contribution in [-0.4, -0.2) is 43.5 Å². The lowest BCUT2D eigenvalue weighted by atomic mass is 9.74. The number of imidazole rings is 1. The van der Waals surface area contributed by atoms with Gasteiger partial charge in [0.2, 0.25) is 5.91 Å². The number of hydrogen-bond acceptors (Lipinski definition) is 4. The van der Waals surface area contributed by atoms with Gasteiger partial charge >= 0.3 is 0 Å². The fraction of sp³-hybridized carbons (Fsp3) is 0.455. The summed E-state index contributed by atoms with van der Waals surface area (Å²) >= 11 is 0. The number of rotatable bonds is 7. The summed E-state index contributed by atoms with van der Waals surface area (Å²) in [6.45, 7) is 12.8. The third-order valence-electron chi connectivity index (χ3n) is 8.42. The Morgan fingerprint density at radius 1 is 1.10 bits per heavy atom. The molecule has 3 aromatic rings. The average Bonchev–Trinajstić information content (AvgIpc) is 3.49. The zero-order valence-corrected chi connectivity index (χ0v) is 24.4. The molecule has 2 aliphatic heterocycles. The van der Waals surface area contributed by atoms with Crippen molar-refractivity contribution >= 4 is 17.6 Å². The Morgan fingerprint density at radius 3 is 2.55 bits per heavy atom. The quantitative estimate of drug-likeness (QED) is 0.405. The van der Waals surface area contributed by atoms with Crippen LogP contribution in [0.4, 0.5) is 0 Å². The van der Waals surface area contributed by atoms with Gasteiger partial charge in [-0.1, -0.05) is 77.1 Å². The van der Waals surface area contributed by atoms with E-state index in [0.29, 0.717) is 43.2 Å². The van der Waals surface area contributed by atoms with Gasteiger partial charge < -0.3 is 9.47 Å². The Labute approximate surface area is 237 Å². The molecule has 2 amide bonds. The van der Waals surface area contributed by atoms with Crippen LogP contribution in [-0.2, 0) is 35.3 Å². The van der Waals surface area contributed by atoms with E-state index in [2.05, 4.69) is 44.2 Å². The van der Waals surface area contributed by atoms with Gasteiger partial charge in [0.15, 0.2) is 0 Å². The summed E-state index contributed by atoms with van der Waals surface area (Å²) in [4.78, 5) is 36.0. The Kier molecular flexibility index (Phi) is 7.42. The lowest BCUT2D eigenvalue weighted by Gasteiger charge is -2.31. The lowest BCUT2D eigenvalue weighted by molar-refractivity contribution is -0.131.